The lowest BCUT2D eigenvalue weighted by Gasteiger charge is -1.96. The van der Waals surface area contributed by atoms with Crippen LogP contribution >= 0.6 is 11.8 Å². The topological polar surface area (TPSA) is 75.6 Å². The van der Waals surface area contributed by atoms with E-state index in [-0.39, 0.29) is 0 Å². The van der Waals surface area contributed by atoms with Gasteiger partial charge in [0.05, 0.1) is 5.75 Å². The third-order valence-electron chi connectivity index (χ3n) is 2.70. The third kappa shape index (κ3) is 3.27. The van der Waals surface area contributed by atoms with Crippen molar-refractivity contribution < 1.29 is 4.52 Å². The summed E-state index contributed by atoms with van der Waals surface area (Å²) in [4.78, 5) is 9.40. The standard InChI is InChI=1S/C15H10N4OS/c16-9-12-8-11(6-7-17-12)15-18-14(19-20-15)10-21-13-4-2-1-3-5-13/h1-8H,10H2. The Kier molecular flexibility index (Phi) is 3.94. The number of aromatic nitrogens is 3. The van der Waals surface area contributed by atoms with Crippen molar-refractivity contribution in [3.63, 3.8) is 0 Å². The molecule has 0 radical (unpaired) electrons. The molecule has 1 aromatic carbocycles. The van der Waals surface area contributed by atoms with Crippen LogP contribution in [0.15, 0.2) is 58.1 Å². The van der Waals surface area contributed by atoms with Gasteiger partial charge < -0.3 is 4.52 Å². The summed E-state index contributed by atoms with van der Waals surface area (Å²) in [6.07, 6.45) is 1.55. The van der Waals surface area contributed by atoms with Crippen molar-refractivity contribution in [2.75, 3.05) is 0 Å². The molecule has 3 rings (SSSR count). The average molecular weight is 294 g/mol. The van der Waals surface area contributed by atoms with Crippen LogP contribution in [-0.2, 0) is 5.75 Å². The zero-order valence-corrected chi connectivity index (χ0v) is 11.7. The van der Waals surface area contributed by atoms with Crippen molar-refractivity contribution >= 4 is 11.8 Å². The highest BCUT2D eigenvalue weighted by molar-refractivity contribution is 7.98. The molecule has 21 heavy (non-hydrogen) atoms. The zero-order chi connectivity index (χ0) is 14.5. The van der Waals surface area contributed by atoms with E-state index in [2.05, 4.69) is 15.1 Å². The van der Waals surface area contributed by atoms with Gasteiger partial charge in [0.1, 0.15) is 11.8 Å². The highest BCUT2D eigenvalue weighted by Crippen LogP contribution is 2.23. The van der Waals surface area contributed by atoms with E-state index in [0.29, 0.717) is 28.7 Å². The Labute approximate surface area is 125 Å². The molecule has 0 saturated carbocycles. The molecule has 0 amide bonds. The van der Waals surface area contributed by atoms with Crippen molar-refractivity contribution in [3.05, 3.63) is 60.2 Å². The molecule has 2 aromatic heterocycles. The predicted octanol–water partition coefficient (Wildman–Crippen LogP) is 3.30. The summed E-state index contributed by atoms with van der Waals surface area (Å²) in [6, 6.07) is 15.4. The van der Waals surface area contributed by atoms with Gasteiger partial charge in [-0.15, -0.1) is 11.8 Å². The smallest absolute Gasteiger partial charge is 0.258 e. The number of nitrogens with zero attached hydrogens (tertiary/aromatic N) is 4. The fraction of sp³-hybridized carbons (Fsp3) is 0.0667. The molecule has 0 bridgehead atoms. The van der Waals surface area contributed by atoms with E-state index in [1.54, 1.807) is 30.1 Å². The predicted molar refractivity (Wildman–Crippen MR) is 78.2 cm³/mol. The fourth-order valence-corrected chi connectivity index (χ4v) is 2.48. The van der Waals surface area contributed by atoms with Gasteiger partial charge in [-0.05, 0) is 24.3 Å². The van der Waals surface area contributed by atoms with Crippen molar-refractivity contribution in [1.29, 1.82) is 5.26 Å². The second-order valence-electron chi connectivity index (χ2n) is 4.16. The molecule has 0 N–H and O–H groups in total. The summed E-state index contributed by atoms with van der Waals surface area (Å²) in [5, 5.41) is 12.8. The number of nitriles is 1. The molecule has 6 heteroatoms. The molecular formula is C15H10N4OS. The van der Waals surface area contributed by atoms with Gasteiger partial charge >= 0.3 is 0 Å². The van der Waals surface area contributed by atoms with Crippen molar-refractivity contribution in [3.8, 4) is 17.5 Å². The summed E-state index contributed by atoms with van der Waals surface area (Å²) in [6.45, 7) is 0. The highest BCUT2D eigenvalue weighted by Gasteiger charge is 2.10. The molecular weight excluding hydrogens is 284 g/mol. The molecule has 0 saturated heterocycles. The molecule has 0 spiro atoms. The first-order chi connectivity index (χ1) is 10.3. The summed E-state index contributed by atoms with van der Waals surface area (Å²) in [5.41, 5.74) is 1.02. The average Bonchev–Trinajstić information content (AvgIpc) is 3.03. The molecule has 5 nitrogen and oxygen atoms in total. The Morgan fingerprint density at radius 3 is 2.86 bits per heavy atom. The maximum atomic E-state index is 8.84. The number of hydrogen-bond donors (Lipinski definition) is 0. The second kappa shape index (κ2) is 6.20. The molecule has 0 fully saturated rings. The van der Waals surface area contributed by atoms with Gasteiger partial charge in [0.25, 0.3) is 5.89 Å². The minimum absolute atomic E-state index is 0.325. The maximum Gasteiger partial charge on any atom is 0.258 e. The van der Waals surface area contributed by atoms with Crippen LogP contribution < -0.4 is 0 Å². The molecule has 0 aliphatic heterocycles. The lowest BCUT2D eigenvalue weighted by Crippen LogP contribution is -1.86. The molecule has 3 aromatic rings. The van der Waals surface area contributed by atoms with E-state index >= 15 is 0 Å². The van der Waals surface area contributed by atoms with Gasteiger partial charge in [0, 0.05) is 16.7 Å². The van der Waals surface area contributed by atoms with Crippen LogP contribution in [0.1, 0.15) is 11.5 Å². The number of rotatable bonds is 4. The number of pyridine rings is 1. The Hall–Kier alpha value is -2.65. The normalized spacial score (nSPS) is 10.2. The number of benzene rings is 1. The first-order valence-corrected chi connectivity index (χ1v) is 7.20. The van der Waals surface area contributed by atoms with E-state index in [1.807, 2.05) is 36.4 Å². The summed E-state index contributed by atoms with van der Waals surface area (Å²) < 4.78 is 5.23. The van der Waals surface area contributed by atoms with Gasteiger partial charge in [-0.2, -0.15) is 10.2 Å². The van der Waals surface area contributed by atoms with Crippen LogP contribution in [0.25, 0.3) is 11.5 Å². The van der Waals surface area contributed by atoms with Gasteiger partial charge in [-0.25, -0.2) is 4.98 Å². The Morgan fingerprint density at radius 2 is 2.05 bits per heavy atom. The van der Waals surface area contributed by atoms with E-state index in [1.165, 1.54) is 0 Å². The first kappa shape index (κ1) is 13.3. The van der Waals surface area contributed by atoms with Crippen LogP contribution in [0.5, 0.6) is 0 Å². The van der Waals surface area contributed by atoms with Crippen LogP contribution in [-0.4, -0.2) is 15.1 Å². The van der Waals surface area contributed by atoms with Gasteiger partial charge in [-0.3, -0.25) is 0 Å². The third-order valence-corrected chi connectivity index (χ3v) is 3.71. The first-order valence-electron chi connectivity index (χ1n) is 6.22. The molecule has 0 aliphatic carbocycles. The minimum Gasteiger partial charge on any atom is -0.334 e. The van der Waals surface area contributed by atoms with E-state index in [0.717, 1.165) is 4.90 Å². The molecule has 0 unspecified atom stereocenters. The monoisotopic (exact) mass is 294 g/mol. The number of hydrogen-bond acceptors (Lipinski definition) is 6. The van der Waals surface area contributed by atoms with Crippen molar-refractivity contribution in [1.82, 2.24) is 15.1 Å². The minimum atomic E-state index is 0.325. The molecule has 0 aliphatic rings. The molecule has 0 atom stereocenters. The van der Waals surface area contributed by atoms with Crippen LogP contribution in [0, 0.1) is 11.3 Å². The maximum absolute atomic E-state index is 8.84. The van der Waals surface area contributed by atoms with Crippen molar-refractivity contribution in [2.24, 2.45) is 0 Å². The summed E-state index contributed by atoms with van der Waals surface area (Å²) in [7, 11) is 0. The van der Waals surface area contributed by atoms with Crippen LogP contribution in [0.4, 0.5) is 0 Å². The SMILES string of the molecule is N#Cc1cc(-c2nc(CSc3ccccc3)no2)ccn1. The second-order valence-corrected chi connectivity index (χ2v) is 5.21. The van der Waals surface area contributed by atoms with Gasteiger partial charge in [0.15, 0.2) is 5.82 Å². The zero-order valence-electron chi connectivity index (χ0n) is 10.9. The molecule has 102 valence electrons. The Morgan fingerprint density at radius 1 is 1.19 bits per heavy atom. The Bertz CT molecular complexity index is 780. The van der Waals surface area contributed by atoms with E-state index < -0.39 is 0 Å². The summed E-state index contributed by atoms with van der Waals surface area (Å²) in [5.74, 6) is 1.65. The fourth-order valence-electron chi connectivity index (χ4n) is 1.72. The molecule has 2 heterocycles. The van der Waals surface area contributed by atoms with Crippen LogP contribution in [0.3, 0.4) is 0 Å². The Balaban J connectivity index is 1.73. The largest absolute Gasteiger partial charge is 0.334 e. The lowest BCUT2D eigenvalue weighted by atomic mass is 10.2. The van der Waals surface area contributed by atoms with E-state index in [9.17, 15) is 0 Å². The van der Waals surface area contributed by atoms with Crippen LogP contribution in [0.2, 0.25) is 0 Å². The quantitative estimate of drug-likeness (QED) is 0.687. The number of thioether (sulfide) groups is 1. The highest BCUT2D eigenvalue weighted by atomic mass is 32.2. The van der Waals surface area contributed by atoms with Gasteiger partial charge in [-0.1, -0.05) is 23.4 Å². The van der Waals surface area contributed by atoms with Gasteiger partial charge in [0.2, 0.25) is 0 Å². The van der Waals surface area contributed by atoms with E-state index in [4.69, 9.17) is 9.78 Å². The van der Waals surface area contributed by atoms with Crippen molar-refractivity contribution in [2.45, 2.75) is 10.6 Å². The lowest BCUT2D eigenvalue weighted by molar-refractivity contribution is 0.425. The summed E-state index contributed by atoms with van der Waals surface area (Å²) >= 11 is 1.64.